The molecular formula is C24H27FN4O5. The first-order valence-corrected chi connectivity index (χ1v) is 11.0. The average molecular weight is 471 g/mol. The van der Waals surface area contributed by atoms with Crippen LogP contribution in [0.4, 0.5) is 15.9 Å². The lowest BCUT2D eigenvalue weighted by Crippen LogP contribution is -2.31. The molecule has 1 unspecified atom stereocenters. The first-order valence-electron chi connectivity index (χ1n) is 11.0. The van der Waals surface area contributed by atoms with Crippen LogP contribution in [0, 0.1) is 19.7 Å². The fraction of sp³-hybridized carbons (Fsp3) is 0.375. The van der Waals surface area contributed by atoms with Gasteiger partial charge < -0.3 is 29.7 Å². The molecule has 2 aromatic heterocycles. The Hall–Kier alpha value is -3.50. The number of pyridine rings is 1. The number of ether oxygens (including phenoxy) is 2. The van der Waals surface area contributed by atoms with Crippen LogP contribution >= 0.6 is 0 Å². The Bertz CT molecular complexity index is 1160. The van der Waals surface area contributed by atoms with Gasteiger partial charge in [0.05, 0.1) is 31.1 Å². The topological polar surface area (TPSA) is 119 Å². The van der Waals surface area contributed by atoms with Crippen molar-refractivity contribution < 1.29 is 28.3 Å². The Balaban J connectivity index is 1.63. The zero-order chi connectivity index (χ0) is 24.2. The Morgan fingerprint density at radius 1 is 1.32 bits per heavy atom. The van der Waals surface area contributed by atoms with E-state index in [1.54, 1.807) is 19.2 Å². The molecule has 1 aliphatic heterocycles. The van der Waals surface area contributed by atoms with E-state index in [2.05, 4.69) is 20.8 Å². The number of aliphatic hydroxyl groups is 1. The van der Waals surface area contributed by atoms with Crippen molar-refractivity contribution >= 4 is 17.4 Å². The first-order chi connectivity index (χ1) is 16.4. The van der Waals surface area contributed by atoms with Gasteiger partial charge in [0.15, 0.2) is 17.7 Å². The summed E-state index contributed by atoms with van der Waals surface area (Å²) in [7, 11) is 1.34. The molecule has 1 aromatic carbocycles. The van der Waals surface area contributed by atoms with Crippen molar-refractivity contribution in [3.05, 3.63) is 53.3 Å². The van der Waals surface area contributed by atoms with E-state index in [4.69, 9.17) is 14.0 Å². The van der Waals surface area contributed by atoms with Crippen molar-refractivity contribution in [1.29, 1.82) is 0 Å². The quantitative estimate of drug-likeness (QED) is 0.478. The molecule has 1 fully saturated rings. The summed E-state index contributed by atoms with van der Waals surface area (Å²) in [6.07, 6.45) is 1.88. The molecule has 34 heavy (non-hydrogen) atoms. The molecule has 1 aliphatic rings. The molecule has 1 saturated heterocycles. The number of benzene rings is 1. The largest absolute Gasteiger partial charge is 0.494 e. The maximum absolute atomic E-state index is 14.1. The Morgan fingerprint density at radius 2 is 2.15 bits per heavy atom. The normalized spacial score (nSPS) is 16.7. The molecule has 1 amide bonds. The lowest BCUT2D eigenvalue weighted by Gasteiger charge is -2.25. The van der Waals surface area contributed by atoms with Crippen molar-refractivity contribution in [1.82, 2.24) is 10.1 Å². The predicted molar refractivity (Wildman–Crippen MR) is 123 cm³/mol. The van der Waals surface area contributed by atoms with Crippen LogP contribution in [0.3, 0.4) is 0 Å². The Labute approximate surface area is 196 Å². The summed E-state index contributed by atoms with van der Waals surface area (Å²) in [5, 5.41) is 20.6. The molecule has 0 bridgehead atoms. The third-order valence-electron chi connectivity index (χ3n) is 5.71. The van der Waals surface area contributed by atoms with Gasteiger partial charge in [-0.25, -0.2) is 9.37 Å². The van der Waals surface area contributed by atoms with Gasteiger partial charge in [0.25, 0.3) is 5.91 Å². The second-order valence-electron chi connectivity index (χ2n) is 8.16. The molecule has 3 heterocycles. The van der Waals surface area contributed by atoms with Crippen LogP contribution in [-0.2, 0) is 9.53 Å². The number of aryl methyl sites for hydroxylation is 2. The maximum Gasteiger partial charge on any atom is 0.257 e. The highest BCUT2D eigenvalue weighted by Crippen LogP contribution is 2.32. The van der Waals surface area contributed by atoms with Crippen molar-refractivity contribution in [2.75, 3.05) is 31.0 Å². The Kier molecular flexibility index (Phi) is 7.09. The van der Waals surface area contributed by atoms with Gasteiger partial charge >= 0.3 is 0 Å². The minimum absolute atomic E-state index is 0.0221. The van der Waals surface area contributed by atoms with Crippen LogP contribution in [0.15, 0.2) is 35.0 Å². The standard InChI is InChI=1S/C24H27FN4O5/c1-13-21(14(2)34-29-13)16-10-19(23(26-11-16)27-17-5-4-8-33-12-17)28-24(31)22(30)15-6-7-20(32-3)18(25)9-15/h6-7,9-11,17,22,30H,4-5,8,12H2,1-3H3,(H,26,27)(H,28,31)/t17-,22?/m0/s1. The number of aliphatic hydroxyl groups excluding tert-OH is 1. The second-order valence-corrected chi connectivity index (χ2v) is 8.16. The summed E-state index contributed by atoms with van der Waals surface area (Å²) in [5.41, 5.74) is 2.61. The monoisotopic (exact) mass is 470 g/mol. The third kappa shape index (κ3) is 5.02. The zero-order valence-corrected chi connectivity index (χ0v) is 19.2. The smallest absolute Gasteiger partial charge is 0.257 e. The van der Waals surface area contributed by atoms with Gasteiger partial charge in [-0.3, -0.25) is 4.79 Å². The fourth-order valence-corrected chi connectivity index (χ4v) is 3.96. The molecule has 0 radical (unpaired) electrons. The molecule has 2 atom stereocenters. The Morgan fingerprint density at radius 3 is 2.79 bits per heavy atom. The molecule has 180 valence electrons. The number of hydrogen-bond acceptors (Lipinski definition) is 8. The number of hydrogen-bond donors (Lipinski definition) is 3. The van der Waals surface area contributed by atoms with Gasteiger partial charge in [0.2, 0.25) is 0 Å². The number of methoxy groups -OCH3 is 1. The highest BCUT2D eigenvalue weighted by atomic mass is 19.1. The number of halogens is 1. The molecule has 10 heteroatoms. The van der Waals surface area contributed by atoms with Crippen LogP contribution in [0.5, 0.6) is 5.75 Å². The summed E-state index contributed by atoms with van der Waals surface area (Å²) in [6, 6.07) is 5.63. The average Bonchev–Trinajstić information content (AvgIpc) is 3.18. The van der Waals surface area contributed by atoms with E-state index < -0.39 is 17.8 Å². The van der Waals surface area contributed by atoms with Gasteiger partial charge in [-0.2, -0.15) is 0 Å². The van der Waals surface area contributed by atoms with E-state index in [1.807, 2.05) is 6.92 Å². The number of aromatic nitrogens is 2. The van der Waals surface area contributed by atoms with Crippen LogP contribution < -0.4 is 15.4 Å². The molecule has 0 spiro atoms. The second kappa shape index (κ2) is 10.2. The van der Waals surface area contributed by atoms with Gasteiger partial charge in [0.1, 0.15) is 11.6 Å². The van der Waals surface area contributed by atoms with E-state index >= 15 is 0 Å². The van der Waals surface area contributed by atoms with E-state index in [0.29, 0.717) is 41.7 Å². The number of amides is 1. The minimum atomic E-state index is -1.60. The lowest BCUT2D eigenvalue weighted by atomic mass is 10.0. The zero-order valence-electron chi connectivity index (χ0n) is 19.2. The number of nitrogens with one attached hydrogen (secondary N) is 2. The summed E-state index contributed by atoms with van der Waals surface area (Å²) >= 11 is 0. The van der Waals surface area contributed by atoms with Gasteiger partial charge in [-0.1, -0.05) is 11.2 Å². The summed E-state index contributed by atoms with van der Waals surface area (Å²) in [6.45, 7) is 4.85. The van der Waals surface area contributed by atoms with E-state index in [0.717, 1.165) is 24.5 Å². The number of carbonyl (C=O) groups is 1. The summed E-state index contributed by atoms with van der Waals surface area (Å²) in [4.78, 5) is 17.5. The van der Waals surface area contributed by atoms with Crippen molar-refractivity contribution in [3.8, 4) is 16.9 Å². The molecule has 0 aliphatic carbocycles. The molecule has 0 saturated carbocycles. The molecule has 4 rings (SSSR count). The molecule has 3 aromatic rings. The predicted octanol–water partition coefficient (Wildman–Crippen LogP) is 3.76. The van der Waals surface area contributed by atoms with Crippen LogP contribution in [0.25, 0.3) is 11.1 Å². The number of nitrogens with zero attached hydrogens (tertiary/aromatic N) is 2. The van der Waals surface area contributed by atoms with Crippen molar-refractivity contribution in [2.24, 2.45) is 0 Å². The van der Waals surface area contributed by atoms with E-state index in [-0.39, 0.29) is 17.4 Å². The summed E-state index contributed by atoms with van der Waals surface area (Å²) in [5.74, 6) is -0.327. The van der Waals surface area contributed by atoms with E-state index in [9.17, 15) is 14.3 Å². The number of carbonyl (C=O) groups excluding carboxylic acids is 1. The van der Waals surface area contributed by atoms with Crippen molar-refractivity contribution in [3.63, 3.8) is 0 Å². The third-order valence-corrected chi connectivity index (χ3v) is 5.71. The minimum Gasteiger partial charge on any atom is -0.494 e. The highest BCUT2D eigenvalue weighted by molar-refractivity contribution is 5.97. The first kappa shape index (κ1) is 23.7. The van der Waals surface area contributed by atoms with Gasteiger partial charge in [0, 0.05) is 23.9 Å². The van der Waals surface area contributed by atoms with E-state index in [1.165, 1.54) is 19.2 Å². The number of anilines is 2. The van der Waals surface area contributed by atoms with Crippen LogP contribution in [0.1, 0.15) is 36.0 Å². The lowest BCUT2D eigenvalue weighted by molar-refractivity contribution is -0.124. The summed E-state index contributed by atoms with van der Waals surface area (Å²) < 4.78 is 29.8. The number of rotatable bonds is 7. The highest BCUT2D eigenvalue weighted by Gasteiger charge is 2.23. The van der Waals surface area contributed by atoms with Gasteiger partial charge in [-0.05, 0) is 50.5 Å². The van der Waals surface area contributed by atoms with Crippen LogP contribution in [-0.4, -0.2) is 47.5 Å². The maximum atomic E-state index is 14.1. The van der Waals surface area contributed by atoms with Gasteiger partial charge in [-0.15, -0.1) is 0 Å². The molecule has 3 N–H and O–H groups in total. The molecule has 9 nitrogen and oxygen atoms in total. The molecular weight excluding hydrogens is 443 g/mol. The van der Waals surface area contributed by atoms with Crippen LogP contribution in [0.2, 0.25) is 0 Å². The SMILES string of the molecule is COc1ccc(C(O)C(=O)Nc2cc(-c3c(C)noc3C)cnc2N[C@H]2CCCOC2)cc1F. The fourth-order valence-electron chi connectivity index (χ4n) is 3.96. The van der Waals surface area contributed by atoms with Crippen molar-refractivity contribution in [2.45, 2.75) is 38.8 Å².